The van der Waals surface area contributed by atoms with E-state index in [0.717, 1.165) is 84.5 Å². The molecular formula is C24H24N6. The van der Waals surface area contributed by atoms with Crippen molar-refractivity contribution in [2.75, 3.05) is 26.2 Å². The van der Waals surface area contributed by atoms with Crippen LogP contribution >= 0.6 is 0 Å². The second-order valence-electron chi connectivity index (χ2n) is 7.44. The van der Waals surface area contributed by atoms with Crippen molar-refractivity contribution in [1.29, 1.82) is 0 Å². The average Bonchev–Trinajstić information content (AvgIpc) is 2.85. The normalized spacial score (nSPS) is 16.1. The summed E-state index contributed by atoms with van der Waals surface area (Å²) in [4.78, 5) is 18.4. The number of nitrogens with one attached hydrogen (secondary N) is 2. The maximum Gasteiger partial charge on any atom is 0.159 e. The van der Waals surface area contributed by atoms with E-state index in [4.69, 9.17) is 4.98 Å². The molecule has 0 amide bonds. The molecule has 0 unspecified atom stereocenters. The number of hydrogen-bond acceptors (Lipinski definition) is 6. The molecule has 3 aromatic rings. The molecule has 30 heavy (non-hydrogen) atoms. The highest BCUT2D eigenvalue weighted by Gasteiger charge is 2.10. The Morgan fingerprint density at radius 3 is 1.67 bits per heavy atom. The SMILES string of the molecule is c1cc(-c2ccc(C3=NCCCN3)cc2)nc(-c2ccc(C3=NCCCN3)cc2)n1. The van der Waals surface area contributed by atoms with Crippen LogP contribution in [0.5, 0.6) is 0 Å². The first-order chi connectivity index (χ1) is 14.9. The van der Waals surface area contributed by atoms with Gasteiger partial charge in [0.05, 0.1) is 5.69 Å². The van der Waals surface area contributed by atoms with Crippen LogP contribution < -0.4 is 10.6 Å². The molecule has 0 aliphatic carbocycles. The van der Waals surface area contributed by atoms with Gasteiger partial charge in [-0.1, -0.05) is 48.5 Å². The molecule has 2 N–H and O–H groups in total. The summed E-state index contributed by atoms with van der Waals surface area (Å²) in [5, 5.41) is 6.72. The first kappa shape index (κ1) is 18.5. The molecule has 150 valence electrons. The maximum absolute atomic E-state index is 4.79. The summed E-state index contributed by atoms with van der Waals surface area (Å²) >= 11 is 0. The van der Waals surface area contributed by atoms with E-state index < -0.39 is 0 Å². The zero-order valence-corrected chi connectivity index (χ0v) is 16.8. The number of rotatable bonds is 4. The number of benzene rings is 2. The molecule has 0 saturated carbocycles. The topological polar surface area (TPSA) is 74.6 Å². The van der Waals surface area contributed by atoms with Crippen LogP contribution in [0.4, 0.5) is 0 Å². The zero-order valence-electron chi connectivity index (χ0n) is 16.8. The lowest BCUT2D eigenvalue weighted by Crippen LogP contribution is -2.30. The third-order valence-corrected chi connectivity index (χ3v) is 5.32. The largest absolute Gasteiger partial charge is 0.370 e. The number of aliphatic imine (C=N–C) groups is 2. The highest BCUT2D eigenvalue weighted by Crippen LogP contribution is 2.22. The Kier molecular flexibility index (Phi) is 5.21. The molecule has 0 spiro atoms. The van der Waals surface area contributed by atoms with E-state index in [1.165, 1.54) is 0 Å². The number of hydrogen-bond donors (Lipinski definition) is 2. The minimum absolute atomic E-state index is 0.722. The Morgan fingerprint density at radius 1 is 0.600 bits per heavy atom. The van der Waals surface area contributed by atoms with Crippen molar-refractivity contribution in [1.82, 2.24) is 20.6 Å². The van der Waals surface area contributed by atoms with Gasteiger partial charge in [-0.15, -0.1) is 0 Å². The summed E-state index contributed by atoms with van der Waals surface area (Å²) < 4.78 is 0. The molecule has 0 saturated heterocycles. The lowest BCUT2D eigenvalue weighted by Gasteiger charge is -2.15. The van der Waals surface area contributed by atoms with Crippen LogP contribution in [-0.2, 0) is 0 Å². The van der Waals surface area contributed by atoms with Gasteiger partial charge in [0.25, 0.3) is 0 Å². The molecule has 1 aromatic heterocycles. The Labute approximate surface area is 176 Å². The summed E-state index contributed by atoms with van der Waals surface area (Å²) in [5.41, 5.74) is 5.19. The smallest absolute Gasteiger partial charge is 0.159 e. The fourth-order valence-corrected chi connectivity index (χ4v) is 3.69. The van der Waals surface area contributed by atoms with Crippen molar-refractivity contribution in [2.45, 2.75) is 12.8 Å². The highest BCUT2D eigenvalue weighted by molar-refractivity contribution is 6.00. The van der Waals surface area contributed by atoms with Crippen molar-refractivity contribution in [3.8, 4) is 22.6 Å². The Bertz CT molecular complexity index is 999. The summed E-state index contributed by atoms with van der Waals surface area (Å²) in [6.07, 6.45) is 4.00. The molecule has 2 aliphatic heterocycles. The molecule has 0 bridgehead atoms. The van der Waals surface area contributed by atoms with Crippen molar-refractivity contribution >= 4 is 11.7 Å². The van der Waals surface area contributed by atoms with E-state index in [1.807, 2.05) is 12.3 Å². The van der Waals surface area contributed by atoms with Gasteiger partial charge in [-0.05, 0) is 18.9 Å². The lowest BCUT2D eigenvalue weighted by molar-refractivity contribution is 0.742. The highest BCUT2D eigenvalue weighted by atomic mass is 15.0. The van der Waals surface area contributed by atoms with Crippen LogP contribution in [0, 0.1) is 0 Å². The molecule has 2 aliphatic rings. The van der Waals surface area contributed by atoms with Crippen LogP contribution in [0.25, 0.3) is 22.6 Å². The molecule has 5 rings (SSSR count). The molecule has 0 radical (unpaired) electrons. The summed E-state index contributed by atoms with van der Waals surface area (Å²) in [7, 11) is 0. The standard InChI is InChI=1S/C24H24N6/c1-12-25-22(26-13-1)18-5-3-17(4-6-18)21-11-16-29-24(30-21)20-9-7-19(8-10-20)23-27-14-2-15-28-23/h3-11,16H,1-2,12-15H2,(H,25,26)(H,27,28). The van der Waals surface area contributed by atoms with Crippen molar-refractivity contribution in [2.24, 2.45) is 9.98 Å². The van der Waals surface area contributed by atoms with E-state index in [0.29, 0.717) is 0 Å². The van der Waals surface area contributed by atoms with Gasteiger partial charge in [0, 0.05) is 54.6 Å². The second kappa shape index (κ2) is 8.45. The Morgan fingerprint density at radius 2 is 1.13 bits per heavy atom. The molecule has 0 atom stereocenters. The maximum atomic E-state index is 4.79. The van der Waals surface area contributed by atoms with Crippen molar-refractivity contribution in [3.05, 3.63) is 71.9 Å². The molecule has 6 heteroatoms. The fraction of sp³-hybridized carbons (Fsp3) is 0.250. The minimum Gasteiger partial charge on any atom is -0.370 e. The first-order valence-corrected chi connectivity index (χ1v) is 10.5. The summed E-state index contributed by atoms with van der Waals surface area (Å²) in [5.74, 6) is 2.67. The second-order valence-corrected chi connectivity index (χ2v) is 7.44. The zero-order chi connectivity index (χ0) is 20.2. The van der Waals surface area contributed by atoms with E-state index in [-0.39, 0.29) is 0 Å². The summed E-state index contributed by atoms with van der Waals surface area (Å²) in [6.45, 7) is 3.74. The monoisotopic (exact) mass is 396 g/mol. The van der Waals surface area contributed by atoms with Gasteiger partial charge in [-0.25, -0.2) is 9.97 Å². The molecular weight excluding hydrogens is 372 g/mol. The van der Waals surface area contributed by atoms with E-state index in [2.05, 4.69) is 74.1 Å². The van der Waals surface area contributed by atoms with Crippen molar-refractivity contribution in [3.63, 3.8) is 0 Å². The molecule has 2 aromatic carbocycles. The predicted molar refractivity (Wildman–Crippen MR) is 121 cm³/mol. The average molecular weight is 396 g/mol. The van der Waals surface area contributed by atoms with Gasteiger partial charge < -0.3 is 10.6 Å². The van der Waals surface area contributed by atoms with Crippen LogP contribution in [0.1, 0.15) is 24.0 Å². The van der Waals surface area contributed by atoms with Crippen LogP contribution in [0.3, 0.4) is 0 Å². The lowest BCUT2D eigenvalue weighted by atomic mass is 10.1. The minimum atomic E-state index is 0.722. The Hall–Kier alpha value is -3.54. The summed E-state index contributed by atoms with van der Waals surface area (Å²) in [6, 6.07) is 18.6. The van der Waals surface area contributed by atoms with Gasteiger partial charge >= 0.3 is 0 Å². The van der Waals surface area contributed by atoms with E-state index in [9.17, 15) is 0 Å². The number of amidine groups is 2. The third kappa shape index (κ3) is 3.94. The van der Waals surface area contributed by atoms with Crippen LogP contribution in [0.2, 0.25) is 0 Å². The van der Waals surface area contributed by atoms with Gasteiger partial charge in [-0.3, -0.25) is 9.98 Å². The third-order valence-electron chi connectivity index (χ3n) is 5.32. The van der Waals surface area contributed by atoms with Gasteiger partial charge in [0.15, 0.2) is 5.82 Å². The van der Waals surface area contributed by atoms with Gasteiger partial charge in [0.1, 0.15) is 11.7 Å². The molecule has 3 heterocycles. The Balaban J connectivity index is 1.37. The first-order valence-electron chi connectivity index (χ1n) is 10.5. The van der Waals surface area contributed by atoms with E-state index >= 15 is 0 Å². The van der Waals surface area contributed by atoms with Crippen molar-refractivity contribution < 1.29 is 0 Å². The number of nitrogens with zero attached hydrogens (tertiary/aromatic N) is 4. The number of aromatic nitrogens is 2. The van der Waals surface area contributed by atoms with Gasteiger partial charge in [-0.2, -0.15) is 0 Å². The van der Waals surface area contributed by atoms with Crippen LogP contribution in [0.15, 0.2) is 70.8 Å². The molecule has 6 nitrogen and oxygen atoms in total. The van der Waals surface area contributed by atoms with E-state index in [1.54, 1.807) is 0 Å². The fourth-order valence-electron chi connectivity index (χ4n) is 3.69. The van der Waals surface area contributed by atoms with Crippen LogP contribution in [-0.4, -0.2) is 47.8 Å². The quantitative estimate of drug-likeness (QED) is 0.710. The molecule has 0 fully saturated rings. The van der Waals surface area contributed by atoms with Gasteiger partial charge in [0.2, 0.25) is 0 Å². The predicted octanol–water partition coefficient (Wildman–Crippen LogP) is 3.29.